The van der Waals surface area contributed by atoms with E-state index in [9.17, 15) is 22.4 Å². The third-order valence-corrected chi connectivity index (χ3v) is 6.82. The van der Waals surface area contributed by atoms with E-state index in [1.807, 2.05) is 13.8 Å². The van der Waals surface area contributed by atoms with Crippen molar-refractivity contribution in [1.82, 2.24) is 10.2 Å². The molecule has 36 heavy (non-hydrogen) atoms. The van der Waals surface area contributed by atoms with E-state index in [2.05, 4.69) is 5.32 Å². The number of nitrogens with zero attached hydrogens (tertiary/aromatic N) is 2. The molecule has 1 atom stereocenters. The monoisotopic (exact) mass is 521 g/mol. The Bertz CT molecular complexity index is 1110. The molecule has 0 aliphatic heterocycles. The van der Waals surface area contributed by atoms with Gasteiger partial charge in [0.25, 0.3) is 0 Å². The molecule has 0 saturated carbocycles. The number of amides is 2. The zero-order valence-electron chi connectivity index (χ0n) is 21.5. The number of anilines is 1. The maximum absolute atomic E-state index is 13.4. The largest absolute Gasteiger partial charge is 0.497 e. The number of hydrogen-bond acceptors (Lipinski definition) is 5. The summed E-state index contributed by atoms with van der Waals surface area (Å²) in [5.74, 6) is -0.116. The Balaban J connectivity index is 2.14. The van der Waals surface area contributed by atoms with Crippen LogP contribution < -0.4 is 14.4 Å². The third kappa shape index (κ3) is 8.82. The summed E-state index contributed by atoms with van der Waals surface area (Å²) in [5, 5.41) is 2.85. The maximum atomic E-state index is 13.4. The Morgan fingerprint density at radius 3 is 2.17 bits per heavy atom. The summed E-state index contributed by atoms with van der Waals surface area (Å²) >= 11 is 0. The molecule has 8 nitrogen and oxygen atoms in total. The minimum Gasteiger partial charge on any atom is -0.497 e. The molecule has 198 valence electrons. The highest BCUT2D eigenvalue weighted by atomic mass is 32.2. The van der Waals surface area contributed by atoms with Crippen molar-refractivity contribution < 1.29 is 27.1 Å². The van der Waals surface area contributed by atoms with Crippen LogP contribution in [-0.4, -0.2) is 57.6 Å². The number of ether oxygens (including phenoxy) is 1. The summed E-state index contributed by atoms with van der Waals surface area (Å²) in [4.78, 5) is 27.4. The molecule has 0 aliphatic carbocycles. The summed E-state index contributed by atoms with van der Waals surface area (Å²) in [7, 11) is -2.06. The quantitative estimate of drug-likeness (QED) is 0.435. The van der Waals surface area contributed by atoms with E-state index in [1.54, 1.807) is 43.3 Å². The van der Waals surface area contributed by atoms with Gasteiger partial charge in [0.05, 0.1) is 19.1 Å². The van der Waals surface area contributed by atoms with Gasteiger partial charge in [-0.15, -0.1) is 0 Å². The third-order valence-electron chi connectivity index (χ3n) is 5.63. The predicted molar refractivity (Wildman–Crippen MR) is 139 cm³/mol. The van der Waals surface area contributed by atoms with Gasteiger partial charge >= 0.3 is 0 Å². The Morgan fingerprint density at radius 2 is 1.64 bits per heavy atom. The lowest BCUT2D eigenvalue weighted by atomic mass is 10.1. The molecule has 2 aromatic carbocycles. The smallest absolute Gasteiger partial charge is 0.242 e. The molecule has 0 aliphatic rings. The average molecular weight is 522 g/mol. The van der Waals surface area contributed by atoms with E-state index in [0.29, 0.717) is 23.5 Å². The van der Waals surface area contributed by atoms with Crippen LogP contribution in [0.25, 0.3) is 0 Å². The molecule has 0 heterocycles. The van der Waals surface area contributed by atoms with Gasteiger partial charge in [0.2, 0.25) is 21.8 Å². The second-order valence-electron chi connectivity index (χ2n) is 9.10. The van der Waals surface area contributed by atoms with E-state index >= 15 is 0 Å². The number of carbonyl (C=O) groups is 2. The molecule has 1 N–H and O–H groups in total. The van der Waals surface area contributed by atoms with E-state index in [-0.39, 0.29) is 43.7 Å². The Labute approximate surface area is 213 Å². The predicted octanol–water partition coefficient (Wildman–Crippen LogP) is 3.57. The highest BCUT2D eigenvalue weighted by Gasteiger charge is 2.26. The summed E-state index contributed by atoms with van der Waals surface area (Å²) < 4.78 is 44.5. The van der Waals surface area contributed by atoms with Crippen LogP contribution in [0.4, 0.5) is 10.1 Å². The lowest BCUT2D eigenvalue weighted by molar-refractivity contribution is -0.140. The van der Waals surface area contributed by atoms with Crippen molar-refractivity contribution in [3.63, 3.8) is 0 Å². The molecule has 0 bridgehead atoms. The zero-order chi connectivity index (χ0) is 26.9. The van der Waals surface area contributed by atoms with Gasteiger partial charge in [0, 0.05) is 26.1 Å². The first-order chi connectivity index (χ1) is 16.9. The molecular weight excluding hydrogens is 485 g/mol. The first-order valence-electron chi connectivity index (χ1n) is 11.9. The minimum atomic E-state index is -3.59. The van der Waals surface area contributed by atoms with Crippen molar-refractivity contribution in [3.05, 3.63) is 59.9 Å². The molecule has 10 heteroatoms. The molecule has 0 aromatic heterocycles. The maximum Gasteiger partial charge on any atom is 0.242 e. The molecule has 2 rings (SSSR count). The van der Waals surface area contributed by atoms with Crippen molar-refractivity contribution in [2.75, 3.05) is 30.8 Å². The minimum absolute atomic E-state index is 0.0329. The number of halogens is 1. The van der Waals surface area contributed by atoms with Crippen molar-refractivity contribution in [1.29, 1.82) is 0 Å². The number of methoxy groups -OCH3 is 1. The number of carbonyl (C=O) groups excluding carboxylic acids is 2. The number of sulfonamides is 1. The number of hydrogen-bond donors (Lipinski definition) is 1. The van der Waals surface area contributed by atoms with Crippen LogP contribution in [0.1, 0.15) is 39.2 Å². The first kappa shape index (κ1) is 29.1. The number of rotatable bonds is 13. The molecule has 0 saturated heterocycles. The van der Waals surface area contributed by atoms with Gasteiger partial charge in [0.1, 0.15) is 17.6 Å². The lowest BCUT2D eigenvalue weighted by Gasteiger charge is -2.29. The molecule has 0 fully saturated rings. The van der Waals surface area contributed by atoms with E-state index in [4.69, 9.17) is 4.74 Å². The van der Waals surface area contributed by atoms with Crippen LogP contribution in [0.15, 0.2) is 48.5 Å². The van der Waals surface area contributed by atoms with Crippen LogP contribution in [0.3, 0.4) is 0 Å². The molecule has 0 unspecified atom stereocenters. The average Bonchev–Trinajstić information content (AvgIpc) is 2.83. The SMILES string of the molecule is COc1ccc(N(CCCC(=O)N(Cc2ccc(F)cc2)[C@H](C)C(=O)NCC(C)C)S(C)(=O)=O)cc1. The summed E-state index contributed by atoms with van der Waals surface area (Å²) in [6, 6.07) is 11.6. The fourth-order valence-corrected chi connectivity index (χ4v) is 4.54. The molecule has 2 aromatic rings. The second kappa shape index (κ2) is 13.2. The molecule has 0 radical (unpaired) electrons. The normalized spacial score (nSPS) is 12.2. The van der Waals surface area contributed by atoms with Crippen LogP contribution in [0, 0.1) is 11.7 Å². The summed E-state index contributed by atoms with van der Waals surface area (Å²) in [5.41, 5.74) is 1.15. The Morgan fingerprint density at radius 1 is 1.03 bits per heavy atom. The summed E-state index contributed by atoms with van der Waals surface area (Å²) in [6.07, 6.45) is 1.39. The van der Waals surface area contributed by atoms with E-state index in [0.717, 1.165) is 6.26 Å². The van der Waals surface area contributed by atoms with Crippen molar-refractivity contribution >= 4 is 27.5 Å². The van der Waals surface area contributed by atoms with Gasteiger partial charge in [-0.1, -0.05) is 26.0 Å². The van der Waals surface area contributed by atoms with Gasteiger partial charge in [-0.05, 0) is 61.2 Å². The molecular formula is C26H36FN3O5S. The highest BCUT2D eigenvalue weighted by molar-refractivity contribution is 7.92. The highest BCUT2D eigenvalue weighted by Crippen LogP contribution is 2.22. The lowest BCUT2D eigenvalue weighted by Crippen LogP contribution is -2.48. The van der Waals surface area contributed by atoms with E-state index in [1.165, 1.54) is 28.4 Å². The summed E-state index contributed by atoms with van der Waals surface area (Å²) in [6.45, 7) is 6.30. The van der Waals surface area contributed by atoms with Gasteiger partial charge in [0.15, 0.2) is 0 Å². The van der Waals surface area contributed by atoms with E-state index < -0.39 is 21.9 Å². The number of benzene rings is 2. The first-order valence-corrected chi connectivity index (χ1v) is 13.7. The van der Waals surface area contributed by atoms with Crippen LogP contribution >= 0.6 is 0 Å². The zero-order valence-corrected chi connectivity index (χ0v) is 22.3. The molecule has 2 amide bonds. The van der Waals surface area contributed by atoms with Crippen LogP contribution in [-0.2, 0) is 26.2 Å². The Hall–Kier alpha value is -3.14. The topological polar surface area (TPSA) is 96.0 Å². The van der Waals surface area contributed by atoms with Crippen molar-refractivity contribution in [3.8, 4) is 5.75 Å². The van der Waals surface area contributed by atoms with Crippen molar-refractivity contribution in [2.24, 2.45) is 5.92 Å². The van der Waals surface area contributed by atoms with Crippen LogP contribution in [0.2, 0.25) is 0 Å². The van der Waals surface area contributed by atoms with Crippen molar-refractivity contribution in [2.45, 2.75) is 46.2 Å². The molecule has 0 spiro atoms. The standard InChI is InChI=1S/C26H36FN3O5S/c1-19(2)17-28-26(32)20(3)29(18-21-8-10-22(27)11-9-21)25(31)7-6-16-30(36(5,33)34)23-12-14-24(35-4)15-13-23/h8-15,19-20H,6-7,16-18H2,1-5H3,(H,28,32)/t20-/m1/s1. The second-order valence-corrected chi connectivity index (χ2v) is 11.0. The van der Waals surface area contributed by atoms with Gasteiger partial charge < -0.3 is 15.0 Å². The van der Waals surface area contributed by atoms with Crippen LogP contribution in [0.5, 0.6) is 5.75 Å². The number of nitrogens with one attached hydrogen (secondary N) is 1. The Kier molecular flexibility index (Phi) is 10.7. The fourth-order valence-electron chi connectivity index (χ4n) is 3.57. The van der Waals surface area contributed by atoms with Gasteiger partial charge in [-0.2, -0.15) is 0 Å². The van der Waals surface area contributed by atoms with Gasteiger partial charge in [-0.25, -0.2) is 12.8 Å². The fraction of sp³-hybridized carbons (Fsp3) is 0.462. The van der Waals surface area contributed by atoms with Gasteiger partial charge in [-0.3, -0.25) is 13.9 Å².